The third-order valence-electron chi connectivity index (χ3n) is 4.32. The first-order valence-electron chi connectivity index (χ1n) is 9.25. The molecule has 0 aromatic heterocycles. The van der Waals surface area contributed by atoms with Crippen molar-refractivity contribution in [3.8, 4) is 0 Å². The summed E-state index contributed by atoms with van der Waals surface area (Å²) in [4.78, 5) is 10.9. The normalized spacial score (nSPS) is 12.7. The van der Waals surface area contributed by atoms with Crippen molar-refractivity contribution in [2.45, 2.75) is 96.3 Å². The van der Waals surface area contributed by atoms with Crippen molar-refractivity contribution in [3.63, 3.8) is 0 Å². The Kier molecular flexibility index (Phi) is 11.8. The van der Waals surface area contributed by atoms with Gasteiger partial charge in [0.1, 0.15) is 12.0 Å². The minimum absolute atomic E-state index is 0.0713. The molecule has 0 bridgehead atoms. The molecule has 0 saturated heterocycles. The molecule has 1 rings (SSSR count). The number of esters is 1. The third-order valence-corrected chi connectivity index (χ3v) is 4.32. The van der Waals surface area contributed by atoms with E-state index in [1.54, 1.807) is 0 Å². The Morgan fingerprint density at radius 3 is 1.64 bits per heavy atom. The fourth-order valence-electron chi connectivity index (χ4n) is 2.77. The van der Waals surface area contributed by atoms with Gasteiger partial charge in [0.2, 0.25) is 0 Å². The van der Waals surface area contributed by atoms with Gasteiger partial charge in [-0.15, -0.1) is 0 Å². The molecule has 0 saturated carbocycles. The average Bonchev–Trinajstić information content (AvgIpc) is 3.35. The van der Waals surface area contributed by atoms with E-state index in [1.807, 2.05) is 6.26 Å². The van der Waals surface area contributed by atoms with E-state index in [0.29, 0.717) is 6.42 Å². The van der Waals surface area contributed by atoms with Crippen molar-refractivity contribution in [1.82, 2.24) is 0 Å². The lowest BCUT2D eigenvalue weighted by Crippen LogP contribution is -1.99. The second-order valence-corrected chi connectivity index (χ2v) is 6.37. The maximum Gasteiger partial charge on any atom is 0.305 e. The fraction of sp³-hybridized carbons (Fsp3) is 0.842. The Morgan fingerprint density at radius 1 is 0.818 bits per heavy atom. The van der Waals surface area contributed by atoms with Gasteiger partial charge in [0, 0.05) is 12.8 Å². The predicted octanol–water partition coefficient (Wildman–Crippen LogP) is 5.88. The molecule has 0 spiro atoms. The van der Waals surface area contributed by atoms with Crippen LogP contribution < -0.4 is 0 Å². The quantitative estimate of drug-likeness (QED) is 0.264. The van der Waals surface area contributed by atoms with Crippen LogP contribution in [0.4, 0.5) is 0 Å². The lowest BCUT2D eigenvalue weighted by atomic mass is 10.0. The second kappa shape index (κ2) is 13.7. The number of carbonyl (C=O) groups is 1. The Labute approximate surface area is 136 Å². The number of methoxy groups -OCH3 is 1. The zero-order chi connectivity index (χ0) is 15.9. The summed E-state index contributed by atoms with van der Waals surface area (Å²) in [6, 6.07) is 0. The van der Waals surface area contributed by atoms with Crippen LogP contribution in [0.2, 0.25) is 0 Å². The molecule has 3 heteroatoms. The molecule has 0 amide bonds. The molecule has 128 valence electrons. The SMILES string of the molecule is COC(=O)CCCCCCCCCCCCCCCC1=CO1. The third kappa shape index (κ3) is 12.7. The van der Waals surface area contributed by atoms with Crippen molar-refractivity contribution >= 4 is 5.97 Å². The summed E-state index contributed by atoms with van der Waals surface area (Å²) >= 11 is 0. The van der Waals surface area contributed by atoms with Crippen LogP contribution in [-0.2, 0) is 14.3 Å². The van der Waals surface area contributed by atoms with Gasteiger partial charge >= 0.3 is 5.97 Å². The lowest BCUT2D eigenvalue weighted by molar-refractivity contribution is -0.140. The van der Waals surface area contributed by atoms with Crippen molar-refractivity contribution in [2.75, 3.05) is 7.11 Å². The van der Waals surface area contributed by atoms with Gasteiger partial charge in [-0.3, -0.25) is 4.79 Å². The van der Waals surface area contributed by atoms with E-state index in [4.69, 9.17) is 4.74 Å². The molecule has 0 aromatic carbocycles. The highest BCUT2D eigenvalue weighted by Crippen LogP contribution is 2.21. The molecule has 0 atom stereocenters. The van der Waals surface area contributed by atoms with Crippen LogP contribution >= 0.6 is 0 Å². The first kappa shape index (κ1) is 19.1. The Bertz CT molecular complexity index is 310. The van der Waals surface area contributed by atoms with Gasteiger partial charge in [0.05, 0.1) is 7.11 Å². The molecule has 0 aliphatic carbocycles. The van der Waals surface area contributed by atoms with Crippen LogP contribution in [0.3, 0.4) is 0 Å². The fourth-order valence-corrected chi connectivity index (χ4v) is 2.77. The molecule has 0 N–H and O–H groups in total. The number of unbranched alkanes of at least 4 members (excludes halogenated alkanes) is 12. The summed E-state index contributed by atoms with van der Waals surface area (Å²) in [6.45, 7) is 0. The van der Waals surface area contributed by atoms with E-state index in [9.17, 15) is 4.79 Å². The summed E-state index contributed by atoms with van der Waals surface area (Å²) < 4.78 is 9.64. The molecular weight excluding hydrogens is 276 g/mol. The number of allylic oxidation sites excluding steroid dienone is 1. The van der Waals surface area contributed by atoms with E-state index in [1.165, 1.54) is 83.5 Å². The van der Waals surface area contributed by atoms with E-state index in [2.05, 4.69) is 4.74 Å². The first-order chi connectivity index (χ1) is 10.8. The van der Waals surface area contributed by atoms with Crippen LogP contribution in [-0.4, -0.2) is 13.1 Å². The minimum atomic E-state index is -0.0713. The summed E-state index contributed by atoms with van der Waals surface area (Å²) in [5, 5.41) is 0. The first-order valence-corrected chi connectivity index (χ1v) is 9.25. The smallest absolute Gasteiger partial charge is 0.305 e. The monoisotopic (exact) mass is 310 g/mol. The van der Waals surface area contributed by atoms with E-state index in [0.717, 1.165) is 19.3 Å². The Morgan fingerprint density at radius 2 is 1.23 bits per heavy atom. The van der Waals surface area contributed by atoms with Crippen LogP contribution in [0.1, 0.15) is 96.3 Å². The topological polar surface area (TPSA) is 38.8 Å². The van der Waals surface area contributed by atoms with E-state index in [-0.39, 0.29) is 5.97 Å². The predicted molar refractivity (Wildman–Crippen MR) is 90.4 cm³/mol. The largest absolute Gasteiger partial charge is 0.469 e. The number of carbonyl (C=O) groups excluding carboxylic acids is 1. The van der Waals surface area contributed by atoms with E-state index >= 15 is 0 Å². The maximum absolute atomic E-state index is 10.9. The highest BCUT2D eigenvalue weighted by Gasteiger charge is 2.07. The Hall–Kier alpha value is -0.990. The number of hydrogen-bond donors (Lipinski definition) is 0. The van der Waals surface area contributed by atoms with Gasteiger partial charge in [-0.25, -0.2) is 0 Å². The summed E-state index contributed by atoms with van der Waals surface area (Å²) in [5.74, 6) is 1.13. The van der Waals surface area contributed by atoms with Crippen LogP contribution in [0.5, 0.6) is 0 Å². The molecule has 1 aliphatic heterocycles. The summed E-state index contributed by atoms with van der Waals surface area (Å²) in [6.07, 6.45) is 20.7. The van der Waals surface area contributed by atoms with Gasteiger partial charge in [-0.1, -0.05) is 70.6 Å². The van der Waals surface area contributed by atoms with E-state index < -0.39 is 0 Å². The Balaban J connectivity index is 1.64. The zero-order valence-corrected chi connectivity index (χ0v) is 14.4. The van der Waals surface area contributed by atoms with Crippen molar-refractivity contribution in [1.29, 1.82) is 0 Å². The van der Waals surface area contributed by atoms with Crippen LogP contribution in [0, 0.1) is 0 Å². The summed E-state index contributed by atoms with van der Waals surface area (Å²) in [7, 11) is 1.46. The van der Waals surface area contributed by atoms with Crippen molar-refractivity contribution < 1.29 is 14.3 Å². The molecular formula is C19H34O3. The van der Waals surface area contributed by atoms with Gasteiger partial charge in [-0.05, 0) is 12.8 Å². The number of ether oxygens (including phenoxy) is 2. The lowest BCUT2D eigenvalue weighted by Gasteiger charge is -2.03. The second-order valence-electron chi connectivity index (χ2n) is 6.37. The standard InChI is InChI=1S/C19H34O3/c1-21-19(20)16-14-12-10-8-6-4-2-3-5-7-9-11-13-15-18-17-22-18/h17H,2-16H2,1H3. The van der Waals surface area contributed by atoms with Gasteiger partial charge in [0.15, 0.2) is 0 Å². The number of hydrogen-bond acceptors (Lipinski definition) is 3. The molecule has 0 aromatic rings. The van der Waals surface area contributed by atoms with Crippen molar-refractivity contribution in [3.05, 3.63) is 12.0 Å². The molecule has 1 aliphatic rings. The molecule has 3 nitrogen and oxygen atoms in total. The van der Waals surface area contributed by atoms with Gasteiger partial charge in [0.25, 0.3) is 0 Å². The number of rotatable bonds is 16. The molecule has 1 heterocycles. The zero-order valence-electron chi connectivity index (χ0n) is 14.4. The molecule has 22 heavy (non-hydrogen) atoms. The molecule has 0 unspecified atom stereocenters. The minimum Gasteiger partial charge on any atom is -0.469 e. The van der Waals surface area contributed by atoms with Crippen molar-refractivity contribution in [2.24, 2.45) is 0 Å². The average molecular weight is 310 g/mol. The summed E-state index contributed by atoms with van der Waals surface area (Å²) in [5.41, 5.74) is 0. The van der Waals surface area contributed by atoms with Gasteiger partial charge in [-0.2, -0.15) is 0 Å². The van der Waals surface area contributed by atoms with Crippen LogP contribution in [0.25, 0.3) is 0 Å². The maximum atomic E-state index is 10.9. The molecule has 0 radical (unpaired) electrons. The highest BCUT2D eigenvalue weighted by molar-refractivity contribution is 5.68. The highest BCUT2D eigenvalue weighted by atomic mass is 16.5. The van der Waals surface area contributed by atoms with Gasteiger partial charge < -0.3 is 9.47 Å². The van der Waals surface area contributed by atoms with Crippen LogP contribution in [0.15, 0.2) is 12.0 Å². The molecule has 0 fully saturated rings.